The number of aromatic nitrogens is 2. The fraction of sp³-hybridized carbons (Fsp3) is 0.0800. The number of nitrogens with zero attached hydrogens (tertiary/aromatic N) is 2. The van der Waals surface area contributed by atoms with E-state index < -0.39 is 0 Å². The second-order valence-electron chi connectivity index (χ2n) is 7.42. The maximum Gasteiger partial charge on any atom is 0.289 e. The molecule has 6 heteroatoms. The molecule has 1 aromatic heterocycles. The van der Waals surface area contributed by atoms with Gasteiger partial charge in [-0.05, 0) is 52.4 Å². The fourth-order valence-electron chi connectivity index (χ4n) is 4.00. The Morgan fingerprint density at radius 2 is 1.84 bits per heavy atom. The number of nitrogens with one attached hydrogen (secondary N) is 2. The summed E-state index contributed by atoms with van der Waals surface area (Å²) in [7, 11) is 0. The summed E-state index contributed by atoms with van der Waals surface area (Å²) < 4.78 is 0. The van der Waals surface area contributed by atoms with E-state index in [1.54, 1.807) is 12.1 Å². The van der Waals surface area contributed by atoms with E-state index in [1.165, 1.54) is 28.1 Å². The molecule has 5 nitrogen and oxygen atoms in total. The molecule has 2 N–H and O–H groups in total. The highest BCUT2D eigenvalue weighted by Gasteiger charge is 2.18. The SMILES string of the molecule is O=C(N/N=C/C(Cl)=C/c1ccccc1)c1cc(-c2ccc3c4c(cccc24)CC3)n[nH]1. The minimum atomic E-state index is -0.384. The molecule has 1 aliphatic rings. The first-order valence-electron chi connectivity index (χ1n) is 10.0. The molecule has 0 saturated carbocycles. The smallest absolute Gasteiger partial charge is 0.272 e. The van der Waals surface area contributed by atoms with Crippen LogP contribution in [-0.4, -0.2) is 22.3 Å². The number of H-pyrrole nitrogens is 1. The van der Waals surface area contributed by atoms with Crippen LogP contribution >= 0.6 is 11.6 Å². The van der Waals surface area contributed by atoms with Crippen molar-refractivity contribution in [1.29, 1.82) is 0 Å². The zero-order chi connectivity index (χ0) is 21.2. The summed E-state index contributed by atoms with van der Waals surface area (Å²) in [5.41, 5.74) is 8.25. The van der Waals surface area contributed by atoms with E-state index >= 15 is 0 Å². The molecular weight excluding hydrogens is 408 g/mol. The molecule has 1 amide bonds. The molecule has 0 fully saturated rings. The topological polar surface area (TPSA) is 70.1 Å². The third-order valence-corrected chi connectivity index (χ3v) is 5.64. The Morgan fingerprint density at radius 3 is 2.68 bits per heavy atom. The van der Waals surface area contributed by atoms with Crippen LogP contribution in [0.4, 0.5) is 0 Å². The zero-order valence-corrected chi connectivity index (χ0v) is 17.4. The second-order valence-corrected chi connectivity index (χ2v) is 7.85. The van der Waals surface area contributed by atoms with Gasteiger partial charge >= 0.3 is 0 Å². The van der Waals surface area contributed by atoms with Crippen LogP contribution in [0.3, 0.4) is 0 Å². The number of hydrogen-bond donors (Lipinski definition) is 2. The Labute approximate surface area is 184 Å². The van der Waals surface area contributed by atoms with Gasteiger partial charge in [-0.2, -0.15) is 10.2 Å². The number of carbonyl (C=O) groups excluding carboxylic acids is 1. The summed E-state index contributed by atoms with van der Waals surface area (Å²) in [6, 6.07) is 22.0. The van der Waals surface area contributed by atoms with Crippen molar-refractivity contribution in [2.75, 3.05) is 0 Å². The molecule has 0 unspecified atom stereocenters. The molecular formula is C25H19ClN4O. The van der Waals surface area contributed by atoms with E-state index in [-0.39, 0.29) is 5.91 Å². The molecule has 0 aliphatic heterocycles. The monoisotopic (exact) mass is 426 g/mol. The number of aromatic amines is 1. The van der Waals surface area contributed by atoms with E-state index in [2.05, 4.69) is 51.1 Å². The summed E-state index contributed by atoms with van der Waals surface area (Å²) >= 11 is 6.16. The number of amides is 1. The predicted molar refractivity (Wildman–Crippen MR) is 125 cm³/mol. The largest absolute Gasteiger partial charge is 0.289 e. The van der Waals surface area contributed by atoms with Crippen molar-refractivity contribution in [2.45, 2.75) is 12.8 Å². The van der Waals surface area contributed by atoms with Crippen molar-refractivity contribution >= 4 is 40.6 Å². The molecule has 152 valence electrons. The van der Waals surface area contributed by atoms with Gasteiger partial charge < -0.3 is 0 Å². The van der Waals surface area contributed by atoms with E-state index in [4.69, 9.17) is 11.6 Å². The number of aryl methyl sites for hydroxylation is 2. The highest BCUT2D eigenvalue weighted by Crippen LogP contribution is 2.36. The van der Waals surface area contributed by atoms with Crippen LogP contribution in [0.2, 0.25) is 0 Å². The minimum Gasteiger partial charge on any atom is -0.272 e. The highest BCUT2D eigenvalue weighted by atomic mass is 35.5. The molecule has 1 heterocycles. The lowest BCUT2D eigenvalue weighted by Gasteiger charge is -2.06. The van der Waals surface area contributed by atoms with Gasteiger partial charge in [0.15, 0.2) is 0 Å². The quantitative estimate of drug-likeness (QED) is 0.334. The van der Waals surface area contributed by atoms with Crippen molar-refractivity contribution in [3.05, 3.63) is 94.1 Å². The average Bonchev–Trinajstić information content (AvgIpc) is 3.44. The normalized spacial score (nSPS) is 13.3. The van der Waals surface area contributed by atoms with Gasteiger partial charge in [-0.15, -0.1) is 0 Å². The van der Waals surface area contributed by atoms with Crippen LogP contribution in [0.5, 0.6) is 0 Å². The number of allylic oxidation sites excluding steroid dienone is 1. The highest BCUT2D eigenvalue weighted by molar-refractivity contribution is 6.41. The number of rotatable bonds is 5. The summed E-state index contributed by atoms with van der Waals surface area (Å²) in [4.78, 5) is 12.5. The van der Waals surface area contributed by atoms with Gasteiger partial charge in [0.05, 0.1) is 16.9 Å². The lowest BCUT2D eigenvalue weighted by atomic mass is 9.98. The predicted octanol–water partition coefficient (Wildman–Crippen LogP) is 5.32. The van der Waals surface area contributed by atoms with E-state index in [9.17, 15) is 4.79 Å². The van der Waals surface area contributed by atoms with Crippen LogP contribution in [0.25, 0.3) is 28.1 Å². The number of halogens is 1. The number of benzene rings is 3. The van der Waals surface area contributed by atoms with Crippen LogP contribution in [0.15, 0.2) is 76.9 Å². The maximum absolute atomic E-state index is 12.5. The first kappa shape index (κ1) is 19.3. The Bertz CT molecular complexity index is 1330. The molecule has 0 saturated heterocycles. The molecule has 0 radical (unpaired) electrons. The number of hydrazone groups is 1. The van der Waals surface area contributed by atoms with Gasteiger partial charge in [0.1, 0.15) is 5.69 Å². The third-order valence-electron chi connectivity index (χ3n) is 5.43. The fourth-order valence-corrected chi connectivity index (χ4v) is 4.18. The Kier molecular flexibility index (Phi) is 5.10. The van der Waals surface area contributed by atoms with Gasteiger partial charge in [-0.1, -0.05) is 72.3 Å². The molecule has 0 atom stereocenters. The van der Waals surface area contributed by atoms with Crippen LogP contribution < -0.4 is 5.43 Å². The van der Waals surface area contributed by atoms with Crippen LogP contribution in [0.1, 0.15) is 27.2 Å². The third kappa shape index (κ3) is 3.88. The standard InChI is InChI=1S/C25H19ClN4O/c26-19(13-16-5-2-1-3-6-16)15-27-30-25(31)23-14-22(28-29-23)20-12-11-18-10-9-17-7-4-8-21(20)24(17)18/h1-8,11-15H,9-10H2,(H,28,29)(H,30,31)/b19-13-,27-15+. The Balaban J connectivity index is 1.33. The minimum absolute atomic E-state index is 0.332. The zero-order valence-electron chi connectivity index (χ0n) is 16.6. The summed E-state index contributed by atoms with van der Waals surface area (Å²) in [6.45, 7) is 0. The maximum atomic E-state index is 12.5. The molecule has 0 bridgehead atoms. The first-order valence-corrected chi connectivity index (χ1v) is 10.4. The van der Waals surface area contributed by atoms with Gasteiger partial charge in [-0.25, -0.2) is 5.43 Å². The Hall–Kier alpha value is -3.70. The molecule has 31 heavy (non-hydrogen) atoms. The Morgan fingerprint density at radius 1 is 1.03 bits per heavy atom. The average molecular weight is 427 g/mol. The molecule has 0 spiro atoms. The lowest BCUT2D eigenvalue weighted by Crippen LogP contribution is -2.17. The molecule has 1 aliphatic carbocycles. The van der Waals surface area contributed by atoms with Crippen LogP contribution in [-0.2, 0) is 12.8 Å². The first-order chi connectivity index (χ1) is 15.2. The lowest BCUT2D eigenvalue weighted by molar-refractivity contribution is 0.0950. The van der Waals surface area contributed by atoms with Gasteiger partial charge in [0.2, 0.25) is 0 Å². The number of carbonyl (C=O) groups is 1. The van der Waals surface area contributed by atoms with Gasteiger partial charge in [0.25, 0.3) is 5.91 Å². The molecule has 5 rings (SSSR count). The van der Waals surface area contributed by atoms with E-state index in [0.29, 0.717) is 10.7 Å². The molecule has 3 aromatic carbocycles. The second kappa shape index (κ2) is 8.20. The van der Waals surface area contributed by atoms with E-state index in [0.717, 1.165) is 29.7 Å². The van der Waals surface area contributed by atoms with Crippen molar-refractivity contribution in [2.24, 2.45) is 5.10 Å². The summed E-state index contributed by atoms with van der Waals surface area (Å²) in [6.07, 6.45) is 5.31. The van der Waals surface area contributed by atoms with Crippen molar-refractivity contribution in [3.8, 4) is 11.3 Å². The van der Waals surface area contributed by atoms with Gasteiger partial charge in [-0.3, -0.25) is 9.89 Å². The molecule has 4 aromatic rings. The van der Waals surface area contributed by atoms with Gasteiger partial charge in [0, 0.05) is 5.56 Å². The van der Waals surface area contributed by atoms with Crippen LogP contribution in [0, 0.1) is 0 Å². The summed E-state index contributed by atoms with van der Waals surface area (Å²) in [5.74, 6) is -0.384. The number of hydrogen-bond acceptors (Lipinski definition) is 3. The van der Waals surface area contributed by atoms with Crippen molar-refractivity contribution < 1.29 is 4.79 Å². The summed E-state index contributed by atoms with van der Waals surface area (Å²) in [5, 5.41) is 14.0. The van der Waals surface area contributed by atoms with E-state index in [1.807, 2.05) is 30.3 Å². The van der Waals surface area contributed by atoms with Crippen molar-refractivity contribution in [3.63, 3.8) is 0 Å². The van der Waals surface area contributed by atoms with Crippen molar-refractivity contribution in [1.82, 2.24) is 15.6 Å².